The Labute approximate surface area is 145 Å². The number of amides is 1. The number of aromatic nitrogens is 5. The quantitative estimate of drug-likeness (QED) is 0.794. The van der Waals surface area contributed by atoms with Crippen molar-refractivity contribution in [3.63, 3.8) is 0 Å². The first-order chi connectivity index (χ1) is 12.1. The molecule has 0 atom stereocenters. The average molecular weight is 336 g/mol. The van der Waals surface area contributed by atoms with E-state index >= 15 is 0 Å². The smallest absolute Gasteiger partial charge is 0.227 e. The summed E-state index contributed by atoms with van der Waals surface area (Å²) in [6.45, 7) is 4.03. The van der Waals surface area contributed by atoms with Gasteiger partial charge in [0.15, 0.2) is 0 Å². The van der Waals surface area contributed by atoms with Crippen molar-refractivity contribution >= 4 is 11.6 Å². The van der Waals surface area contributed by atoms with Crippen LogP contribution in [0.4, 0.5) is 5.69 Å². The van der Waals surface area contributed by atoms with Gasteiger partial charge in [0, 0.05) is 29.0 Å². The Balaban J connectivity index is 1.37. The molecule has 1 fully saturated rings. The topological polar surface area (TPSA) is 77.6 Å². The van der Waals surface area contributed by atoms with Crippen molar-refractivity contribution in [2.45, 2.75) is 32.7 Å². The largest absolute Gasteiger partial charge is 0.326 e. The zero-order valence-electron chi connectivity index (χ0n) is 14.3. The van der Waals surface area contributed by atoms with Crippen LogP contribution in [0, 0.1) is 19.8 Å². The molecule has 7 heteroatoms. The monoisotopic (exact) mass is 336 g/mol. The van der Waals surface area contributed by atoms with Crippen LogP contribution in [0.1, 0.15) is 30.3 Å². The standard InChI is InChI=1S/C18H20N6O/c1-12-13(2)24(9-19-12)16-5-3-15(4-6-16)22-18(25)14-7-17(8-14)23-10-20-21-11-23/h3-6,9-11,14,17H,7-8H2,1-2H3,(H,22,25). The molecule has 0 bridgehead atoms. The van der Waals surface area contributed by atoms with Crippen LogP contribution < -0.4 is 5.32 Å². The van der Waals surface area contributed by atoms with Crippen molar-refractivity contribution in [3.05, 3.63) is 54.6 Å². The highest BCUT2D eigenvalue weighted by Crippen LogP contribution is 2.38. The molecule has 25 heavy (non-hydrogen) atoms. The Hall–Kier alpha value is -2.96. The van der Waals surface area contributed by atoms with Crippen LogP contribution in [0.5, 0.6) is 0 Å². The third-order valence-corrected chi connectivity index (χ3v) is 5.01. The minimum atomic E-state index is 0.0469. The minimum Gasteiger partial charge on any atom is -0.326 e. The fraction of sp³-hybridized carbons (Fsp3) is 0.333. The lowest BCUT2D eigenvalue weighted by Crippen LogP contribution is -2.35. The highest BCUT2D eigenvalue weighted by Gasteiger charge is 2.35. The normalized spacial score (nSPS) is 19.4. The Morgan fingerprint density at radius 1 is 1.08 bits per heavy atom. The van der Waals surface area contributed by atoms with Gasteiger partial charge in [0.2, 0.25) is 5.91 Å². The summed E-state index contributed by atoms with van der Waals surface area (Å²) in [7, 11) is 0. The second kappa shape index (κ2) is 6.16. The van der Waals surface area contributed by atoms with Gasteiger partial charge >= 0.3 is 0 Å². The van der Waals surface area contributed by atoms with Gasteiger partial charge in [-0.2, -0.15) is 0 Å². The Bertz CT molecular complexity index is 875. The highest BCUT2D eigenvalue weighted by atomic mass is 16.1. The van der Waals surface area contributed by atoms with E-state index in [0.29, 0.717) is 6.04 Å². The van der Waals surface area contributed by atoms with E-state index in [1.807, 2.05) is 53.6 Å². The molecule has 0 saturated heterocycles. The van der Waals surface area contributed by atoms with Crippen LogP contribution in [0.25, 0.3) is 5.69 Å². The van der Waals surface area contributed by atoms with Gasteiger partial charge < -0.3 is 14.5 Å². The van der Waals surface area contributed by atoms with E-state index in [-0.39, 0.29) is 11.8 Å². The molecule has 7 nitrogen and oxygen atoms in total. The number of nitrogens with zero attached hydrogens (tertiary/aromatic N) is 5. The first-order valence-corrected chi connectivity index (χ1v) is 8.38. The summed E-state index contributed by atoms with van der Waals surface area (Å²) in [6.07, 6.45) is 6.89. The second-order valence-electron chi connectivity index (χ2n) is 6.55. The van der Waals surface area contributed by atoms with Gasteiger partial charge in [0.05, 0.1) is 12.0 Å². The van der Waals surface area contributed by atoms with Gasteiger partial charge in [-0.3, -0.25) is 4.79 Å². The van der Waals surface area contributed by atoms with Gasteiger partial charge in [0.1, 0.15) is 12.7 Å². The Morgan fingerprint density at radius 3 is 2.36 bits per heavy atom. The predicted molar refractivity (Wildman–Crippen MR) is 93.5 cm³/mol. The molecule has 1 amide bonds. The number of carbonyl (C=O) groups is 1. The number of hydrogen-bond acceptors (Lipinski definition) is 4. The van der Waals surface area contributed by atoms with Crippen molar-refractivity contribution in [1.29, 1.82) is 0 Å². The van der Waals surface area contributed by atoms with Crippen molar-refractivity contribution < 1.29 is 4.79 Å². The molecule has 1 saturated carbocycles. The van der Waals surface area contributed by atoms with E-state index in [2.05, 4.69) is 20.5 Å². The summed E-state index contributed by atoms with van der Waals surface area (Å²) < 4.78 is 4.00. The molecular weight excluding hydrogens is 316 g/mol. The molecular formula is C18H20N6O. The Kier molecular flexibility index (Phi) is 3.83. The number of aryl methyl sites for hydroxylation is 1. The maximum Gasteiger partial charge on any atom is 0.227 e. The fourth-order valence-electron chi connectivity index (χ4n) is 3.15. The van der Waals surface area contributed by atoms with E-state index in [1.165, 1.54) is 0 Å². The van der Waals surface area contributed by atoms with Crippen LogP contribution in [0.2, 0.25) is 0 Å². The van der Waals surface area contributed by atoms with Gasteiger partial charge in [-0.1, -0.05) is 0 Å². The lowest BCUT2D eigenvalue weighted by atomic mass is 9.79. The molecule has 1 N–H and O–H groups in total. The van der Waals surface area contributed by atoms with E-state index in [1.54, 1.807) is 12.7 Å². The third kappa shape index (κ3) is 2.93. The zero-order valence-corrected chi connectivity index (χ0v) is 14.3. The summed E-state index contributed by atoms with van der Waals surface area (Å²) in [5.74, 6) is 0.123. The zero-order chi connectivity index (χ0) is 17.4. The van der Waals surface area contributed by atoms with E-state index in [9.17, 15) is 4.79 Å². The molecule has 1 aliphatic rings. The first-order valence-electron chi connectivity index (χ1n) is 8.38. The van der Waals surface area contributed by atoms with Crippen LogP contribution >= 0.6 is 0 Å². The third-order valence-electron chi connectivity index (χ3n) is 5.01. The van der Waals surface area contributed by atoms with E-state index < -0.39 is 0 Å². The number of carbonyl (C=O) groups excluding carboxylic acids is 1. The molecule has 4 rings (SSSR count). The summed E-state index contributed by atoms with van der Waals surface area (Å²) in [4.78, 5) is 16.7. The minimum absolute atomic E-state index is 0.0469. The van der Waals surface area contributed by atoms with Crippen LogP contribution in [0.3, 0.4) is 0 Å². The van der Waals surface area contributed by atoms with E-state index in [0.717, 1.165) is 35.6 Å². The molecule has 2 heterocycles. The molecule has 0 radical (unpaired) electrons. The molecule has 1 aromatic carbocycles. The molecule has 0 spiro atoms. The summed E-state index contributed by atoms with van der Waals surface area (Å²) >= 11 is 0. The molecule has 0 unspecified atom stereocenters. The van der Waals surface area contributed by atoms with Crippen molar-refractivity contribution in [3.8, 4) is 5.69 Å². The second-order valence-corrected chi connectivity index (χ2v) is 6.55. The van der Waals surface area contributed by atoms with Crippen LogP contribution in [-0.4, -0.2) is 30.2 Å². The maximum atomic E-state index is 12.4. The molecule has 3 aromatic rings. The number of anilines is 1. The van der Waals surface area contributed by atoms with Gasteiger partial charge in [0.25, 0.3) is 0 Å². The van der Waals surface area contributed by atoms with Crippen molar-refractivity contribution in [1.82, 2.24) is 24.3 Å². The van der Waals surface area contributed by atoms with Gasteiger partial charge in [-0.25, -0.2) is 4.98 Å². The Morgan fingerprint density at radius 2 is 1.76 bits per heavy atom. The number of imidazole rings is 1. The van der Waals surface area contributed by atoms with Crippen molar-refractivity contribution in [2.75, 3.05) is 5.32 Å². The number of hydrogen-bond donors (Lipinski definition) is 1. The molecule has 128 valence electrons. The lowest BCUT2D eigenvalue weighted by Gasteiger charge is -2.34. The summed E-state index contributed by atoms with van der Waals surface area (Å²) in [5.41, 5.74) is 3.99. The summed E-state index contributed by atoms with van der Waals surface area (Å²) in [5, 5.41) is 10.6. The predicted octanol–water partition coefficient (Wildman–Crippen LogP) is 2.67. The maximum absolute atomic E-state index is 12.4. The molecule has 0 aliphatic heterocycles. The highest BCUT2D eigenvalue weighted by molar-refractivity contribution is 5.93. The SMILES string of the molecule is Cc1ncn(-c2ccc(NC(=O)C3CC(n4cnnc4)C3)cc2)c1C. The molecule has 2 aromatic heterocycles. The van der Waals surface area contributed by atoms with Crippen LogP contribution in [0.15, 0.2) is 43.2 Å². The van der Waals surface area contributed by atoms with E-state index in [4.69, 9.17) is 0 Å². The number of benzene rings is 1. The molecule has 1 aliphatic carbocycles. The lowest BCUT2D eigenvalue weighted by molar-refractivity contribution is -0.123. The summed E-state index contributed by atoms with van der Waals surface area (Å²) in [6, 6.07) is 8.17. The first kappa shape index (κ1) is 15.6. The number of rotatable bonds is 4. The van der Waals surface area contributed by atoms with Gasteiger partial charge in [-0.05, 0) is 51.0 Å². The fourth-order valence-corrected chi connectivity index (χ4v) is 3.15. The average Bonchev–Trinajstić information content (AvgIpc) is 3.19. The van der Waals surface area contributed by atoms with Gasteiger partial charge in [-0.15, -0.1) is 10.2 Å². The number of nitrogens with one attached hydrogen (secondary N) is 1. The van der Waals surface area contributed by atoms with Crippen LogP contribution in [-0.2, 0) is 4.79 Å². The van der Waals surface area contributed by atoms with Crippen molar-refractivity contribution in [2.24, 2.45) is 5.92 Å².